The number of carboxylic acid groups (broad SMARTS) is 1. The first-order valence-electron chi connectivity index (χ1n) is 7.93. The summed E-state index contributed by atoms with van der Waals surface area (Å²) in [5.74, 6) is -2.48. The quantitative estimate of drug-likeness (QED) is 0.488. The molecule has 2 aromatic carbocycles. The molecule has 8 heteroatoms. The zero-order valence-corrected chi connectivity index (χ0v) is 15.7. The number of ether oxygens (including phenoxy) is 1. The van der Waals surface area contributed by atoms with Gasteiger partial charge < -0.3 is 15.2 Å². The van der Waals surface area contributed by atoms with E-state index in [-0.39, 0.29) is 30.8 Å². The van der Waals surface area contributed by atoms with E-state index in [4.69, 9.17) is 9.84 Å². The highest BCUT2D eigenvalue weighted by Crippen LogP contribution is 2.13. The molecule has 0 aliphatic heterocycles. The second kappa shape index (κ2) is 9.63. The highest BCUT2D eigenvalue weighted by molar-refractivity contribution is 9.10. The number of Topliss-reactive ketones (excluding diaryl/α,β-unsaturated/α-hetero) is 1. The zero-order chi connectivity index (χ0) is 19.8. The fourth-order valence-corrected chi connectivity index (χ4v) is 2.33. The molecule has 0 heterocycles. The number of aliphatic carboxylic acids is 1. The first-order valence-corrected chi connectivity index (χ1v) is 8.72. The predicted octanol–water partition coefficient (Wildman–Crippen LogP) is 3.29. The number of rotatable bonds is 8. The molecule has 0 atom stereocenters. The van der Waals surface area contributed by atoms with Gasteiger partial charge in [0.25, 0.3) is 0 Å². The van der Waals surface area contributed by atoms with Gasteiger partial charge in [-0.3, -0.25) is 14.4 Å². The Hall–Kier alpha value is -3.00. The summed E-state index contributed by atoms with van der Waals surface area (Å²) in [4.78, 5) is 46.0. The number of hydrogen-bond acceptors (Lipinski definition) is 5. The van der Waals surface area contributed by atoms with Crippen LogP contribution in [0.3, 0.4) is 0 Å². The number of carboxylic acids is 1. The molecular weight excluding hydrogens is 418 g/mol. The minimum atomic E-state index is -1.05. The summed E-state index contributed by atoms with van der Waals surface area (Å²) < 4.78 is 5.85. The number of amides is 1. The topological polar surface area (TPSA) is 110 Å². The number of hydrogen-bond donors (Lipinski definition) is 2. The minimum Gasteiger partial charge on any atom is -0.481 e. The molecule has 0 saturated carbocycles. The standard InChI is InChI=1S/C19H16BrNO6/c20-14-5-1-12(2-6-14)16(22)11-27-19(26)13-3-7-15(8-4-13)21-17(23)9-10-18(24)25/h1-8H,9-11H2,(H,21,23)(H,24,25). The van der Waals surface area contributed by atoms with Gasteiger partial charge >= 0.3 is 11.9 Å². The minimum absolute atomic E-state index is 0.142. The third-order valence-corrected chi connectivity index (χ3v) is 4.00. The van der Waals surface area contributed by atoms with Crippen molar-refractivity contribution in [3.8, 4) is 0 Å². The Morgan fingerprint density at radius 1 is 0.889 bits per heavy atom. The summed E-state index contributed by atoms with van der Waals surface area (Å²) in [6, 6.07) is 12.6. The molecule has 1 amide bonds. The Morgan fingerprint density at radius 3 is 2.07 bits per heavy atom. The van der Waals surface area contributed by atoms with Crippen molar-refractivity contribution in [3.63, 3.8) is 0 Å². The van der Waals surface area contributed by atoms with Crippen LogP contribution in [0.2, 0.25) is 0 Å². The van der Waals surface area contributed by atoms with Crippen molar-refractivity contribution in [2.45, 2.75) is 12.8 Å². The van der Waals surface area contributed by atoms with Crippen LogP contribution in [0.15, 0.2) is 53.0 Å². The van der Waals surface area contributed by atoms with E-state index in [0.717, 1.165) is 4.47 Å². The summed E-state index contributed by atoms with van der Waals surface area (Å²) in [5.41, 5.74) is 1.08. The van der Waals surface area contributed by atoms with Gasteiger partial charge in [-0.25, -0.2) is 4.79 Å². The van der Waals surface area contributed by atoms with Gasteiger partial charge in [-0.05, 0) is 36.4 Å². The number of carbonyl (C=O) groups is 4. The number of esters is 1. The average molecular weight is 434 g/mol. The molecule has 140 valence electrons. The van der Waals surface area contributed by atoms with Crippen LogP contribution in [0.4, 0.5) is 5.69 Å². The highest BCUT2D eigenvalue weighted by atomic mass is 79.9. The van der Waals surface area contributed by atoms with Crippen LogP contribution in [0.25, 0.3) is 0 Å². The van der Waals surface area contributed by atoms with E-state index >= 15 is 0 Å². The Labute approximate surface area is 163 Å². The first-order chi connectivity index (χ1) is 12.8. The summed E-state index contributed by atoms with van der Waals surface area (Å²) in [6.45, 7) is -0.381. The van der Waals surface area contributed by atoms with Gasteiger partial charge in [0, 0.05) is 22.1 Å². The van der Waals surface area contributed by atoms with Gasteiger partial charge in [0.05, 0.1) is 12.0 Å². The van der Waals surface area contributed by atoms with E-state index in [1.165, 1.54) is 24.3 Å². The summed E-state index contributed by atoms with van der Waals surface area (Å²) >= 11 is 3.27. The van der Waals surface area contributed by atoms with Gasteiger partial charge in [-0.15, -0.1) is 0 Å². The van der Waals surface area contributed by atoms with Crippen molar-refractivity contribution in [1.82, 2.24) is 0 Å². The number of carbonyl (C=O) groups excluding carboxylic acids is 3. The highest BCUT2D eigenvalue weighted by Gasteiger charge is 2.12. The lowest BCUT2D eigenvalue weighted by atomic mass is 10.1. The SMILES string of the molecule is O=C(O)CCC(=O)Nc1ccc(C(=O)OCC(=O)c2ccc(Br)cc2)cc1. The third-order valence-electron chi connectivity index (χ3n) is 3.47. The van der Waals surface area contributed by atoms with Gasteiger partial charge in [0.1, 0.15) is 0 Å². The van der Waals surface area contributed by atoms with Crippen LogP contribution in [0, 0.1) is 0 Å². The van der Waals surface area contributed by atoms with Crippen LogP contribution in [-0.2, 0) is 14.3 Å². The number of anilines is 1. The normalized spacial score (nSPS) is 10.1. The van der Waals surface area contributed by atoms with E-state index in [0.29, 0.717) is 11.3 Å². The summed E-state index contributed by atoms with van der Waals surface area (Å²) in [6.07, 6.45) is -0.403. The van der Waals surface area contributed by atoms with Crippen LogP contribution in [0.5, 0.6) is 0 Å². The Balaban J connectivity index is 1.86. The van der Waals surface area contributed by atoms with Crippen molar-refractivity contribution >= 4 is 45.2 Å². The molecule has 0 spiro atoms. The van der Waals surface area contributed by atoms with Crippen molar-refractivity contribution in [2.24, 2.45) is 0 Å². The number of ketones is 1. The number of halogens is 1. The molecule has 2 aromatic rings. The monoisotopic (exact) mass is 433 g/mol. The fourth-order valence-electron chi connectivity index (χ4n) is 2.07. The maximum atomic E-state index is 12.0. The molecule has 0 unspecified atom stereocenters. The van der Waals surface area contributed by atoms with Gasteiger partial charge in [-0.2, -0.15) is 0 Å². The van der Waals surface area contributed by atoms with E-state index in [2.05, 4.69) is 21.2 Å². The van der Waals surface area contributed by atoms with E-state index in [1.807, 2.05) is 0 Å². The lowest BCUT2D eigenvalue weighted by Crippen LogP contribution is -2.15. The molecule has 0 bridgehead atoms. The molecule has 0 aromatic heterocycles. The number of nitrogens with one attached hydrogen (secondary N) is 1. The lowest BCUT2D eigenvalue weighted by Gasteiger charge is -2.07. The molecule has 7 nitrogen and oxygen atoms in total. The Morgan fingerprint density at radius 2 is 1.48 bits per heavy atom. The number of benzene rings is 2. The lowest BCUT2D eigenvalue weighted by molar-refractivity contribution is -0.138. The summed E-state index contributed by atoms with van der Waals surface area (Å²) in [7, 11) is 0. The summed E-state index contributed by atoms with van der Waals surface area (Å²) in [5, 5.41) is 11.1. The molecule has 2 rings (SSSR count). The largest absolute Gasteiger partial charge is 0.481 e. The molecular formula is C19H16BrNO6. The average Bonchev–Trinajstić information content (AvgIpc) is 2.65. The second-order valence-corrected chi connectivity index (χ2v) is 6.44. The van der Waals surface area contributed by atoms with Gasteiger partial charge in [-0.1, -0.05) is 28.1 Å². The molecule has 0 fully saturated rings. The van der Waals surface area contributed by atoms with E-state index in [9.17, 15) is 19.2 Å². The van der Waals surface area contributed by atoms with Crippen LogP contribution >= 0.6 is 15.9 Å². The fraction of sp³-hybridized carbons (Fsp3) is 0.158. The van der Waals surface area contributed by atoms with Gasteiger partial charge in [0.15, 0.2) is 12.4 Å². The van der Waals surface area contributed by atoms with Crippen molar-refractivity contribution in [2.75, 3.05) is 11.9 Å². The molecule has 0 aliphatic rings. The first kappa shape index (κ1) is 20.3. The molecule has 0 radical (unpaired) electrons. The zero-order valence-electron chi connectivity index (χ0n) is 14.1. The Bertz CT molecular complexity index is 846. The van der Waals surface area contributed by atoms with Gasteiger partial charge in [0.2, 0.25) is 5.91 Å². The molecule has 27 heavy (non-hydrogen) atoms. The Kier molecular flexibility index (Phi) is 7.25. The predicted molar refractivity (Wildman–Crippen MR) is 101 cm³/mol. The van der Waals surface area contributed by atoms with Crippen LogP contribution in [-0.4, -0.2) is 35.3 Å². The maximum absolute atomic E-state index is 12.0. The maximum Gasteiger partial charge on any atom is 0.338 e. The third kappa shape index (κ3) is 6.67. The smallest absolute Gasteiger partial charge is 0.338 e. The van der Waals surface area contributed by atoms with Crippen molar-refractivity contribution in [3.05, 3.63) is 64.1 Å². The van der Waals surface area contributed by atoms with Crippen LogP contribution < -0.4 is 5.32 Å². The van der Waals surface area contributed by atoms with Crippen LogP contribution in [0.1, 0.15) is 33.6 Å². The van der Waals surface area contributed by atoms with Crippen molar-refractivity contribution < 1.29 is 29.0 Å². The van der Waals surface area contributed by atoms with Crippen molar-refractivity contribution in [1.29, 1.82) is 0 Å². The molecule has 2 N–H and O–H groups in total. The van der Waals surface area contributed by atoms with E-state index < -0.39 is 17.8 Å². The van der Waals surface area contributed by atoms with E-state index in [1.54, 1.807) is 24.3 Å². The molecule has 0 saturated heterocycles. The molecule has 0 aliphatic carbocycles. The second-order valence-electron chi connectivity index (χ2n) is 5.53.